The van der Waals surface area contributed by atoms with Crippen LogP contribution in [0.15, 0.2) is 30.5 Å². The van der Waals surface area contributed by atoms with Gasteiger partial charge in [-0.1, -0.05) is 0 Å². The van der Waals surface area contributed by atoms with Crippen LogP contribution in [0.3, 0.4) is 0 Å². The molecular weight excluding hydrogens is 347 g/mol. The van der Waals surface area contributed by atoms with E-state index in [2.05, 4.69) is 15.3 Å². The zero-order chi connectivity index (χ0) is 18.9. The average Bonchev–Trinajstić information content (AvgIpc) is 2.60. The Morgan fingerprint density at radius 2 is 2.15 bits per heavy atom. The first-order valence-corrected chi connectivity index (χ1v) is 8.09. The highest BCUT2D eigenvalue weighted by molar-refractivity contribution is 6.11. The van der Waals surface area contributed by atoms with Gasteiger partial charge in [0, 0.05) is 33.3 Å². The van der Waals surface area contributed by atoms with E-state index in [9.17, 15) is 18.0 Å². The molecule has 0 amide bonds. The maximum atomic E-state index is 13.4. The van der Waals surface area contributed by atoms with Crippen LogP contribution in [0.4, 0.5) is 24.8 Å². The molecule has 0 aliphatic carbocycles. The number of ketones is 1. The van der Waals surface area contributed by atoms with E-state index in [1.165, 1.54) is 24.4 Å². The smallest absolute Gasteiger partial charge is 0.383 e. The van der Waals surface area contributed by atoms with Gasteiger partial charge in [-0.3, -0.25) is 4.79 Å². The first-order valence-electron chi connectivity index (χ1n) is 8.09. The maximum Gasteiger partial charge on any atom is 0.418 e. The molecule has 2 aromatic rings. The third-order valence-corrected chi connectivity index (χ3v) is 4.18. The summed E-state index contributed by atoms with van der Waals surface area (Å²) < 4.78 is 40.2. The maximum absolute atomic E-state index is 13.4. The van der Waals surface area contributed by atoms with Gasteiger partial charge in [0.05, 0.1) is 11.1 Å². The van der Waals surface area contributed by atoms with Crippen molar-refractivity contribution in [1.29, 1.82) is 0 Å². The van der Waals surface area contributed by atoms with Crippen molar-refractivity contribution in [3.8, 4) is 0 Å². The second-order valence-electron chi connectivity index (χ2n) is 6.13. The molecule has 0 spiro atoms. The molecule has 1 atom stereocenters. The van der Waals surface area contributed by atoms with Gasteiger partial charge in [0.2, 0.25) is 5.78 Å². The second-order valence-corrected chi connectivity index (χ2v) is 6.13. The van der Waals surface area contributed by atoms with Crippen LogP contribution in [0.25, 0.3) is 0 Å². The zero-order valence-corrected chi connectivity index (χ0v) is 14.0. The molecule has 0 radical (unpaired) electrons. The molecule has 2 aromatic heterocycles. The Hall–Kier alpha value is -2.68. The Balaban J connectivity index is 0.00000261. The highest BCUT2D eigenvalue weighted by atomic mass is 19.4. The van der Waals surface area contributed by atoms with Gasteiger partial charge >= 0.3 is 6.18 Å². The highest BCUT2D eigenvalue weighted by Crippen LogP contribution is 2.34. The number of nitrogens with zero attached hydrogens (tertiary/aromatic N) is 3. The number of alkyl halides is 3. The number of pyridine rings is 2. The molecule has 140 valence electrons. The molecular formula is C17H20F3N5O. The Morgan fingerprint density at radius 3 is 2.81 bits per heavy atom. The van der Waals surface area contributed by atoms with Crippen LogP contribution >= 0.6 is 0 Å². The van der Waals surface area contributed by atoms with Crippen LogP contribution in [-0.4, -0.2) is 41.4 Å². The number of nitrogens with one attached hydrogen (secondary N) is 1. The third-order valence-electron chi connectivity index (χ3n) is 4.18. The topological polar surface area (TPSA) is 84.1 Å². The summed E-state index contributed by atoms with van der Waals surface area (Å²) in [5, 5.41) is 3.25. The molecule has 0 bridgehead atoms. The number of anilines is 2. The van der Waals surface area contributed by atoms with Crippen LogP contribution in [0.1, 0.15) is 30.0 Å². The number of nitrogen functional groups attached to an aromatic ring is 1. The quantitative estimate of drug-likeness (QED) is 0.811. The number of hydrogen-bond acceptors (Lipinski definition) is 6. The second kappa shape index (κ2) is 6.91. The first-order chi connectivity index (χ1) is 12.3. The third kappa shape index (κ3) is 3.62. The van der Waals surface area contributed by atoms with Crippen molar-refractivity contribution in [2.24, 2.45) is 0 Å². The van der Waals surface area contributed by atoms with E-state index in [1.54, 1.807) is 0 Å². The van der Waals surface area contributed by atoms with Gasteiger partial charge in [-0.15, -0.1) is 0 Å². The number of aromatic nitrogens is 2. The number of nitrogens with two attached hydrogens (primary N) is 1. The number of carbonyl (C=O) groups excluding carboxylic acids is 1. The molecule has 0 unspecified atom stereocenters. The normalized spacial score (nSPS) is 18.0. The van der Waals surface area contributed by atoms with Gasteiger partial charge in [0.15, 0.2) is 0 Å². The van der Waals surface area contributed by atoms with E-state index in [4.69, 9.17) is 5.73 Å². The lowest BCUT2D eigenvalue weighted by Gasteiger charge is -2.33. The monoisotopic (exact) mass is 367 g/mol. The Morgan fingerprint density at radius 1 is 1.38 bits per heavy atom. The van der Waals surface area contributed by atoms with Crippen LogP contribution in [-0.2, 0) is 6.18 Å². The van der Waals surface area contributed by atoms with E-state index in [0.717, 1.165) is 6.07 Å². The molecule has 6 nitrogen and oxygen atoms in total. The minimum absolute atomic E-state index is 0. The molecule has 1 saturated heterocycles. The fraction of sp³-hybridized carbons (Fsp3) is 0.353. The molecule has 26 heavy (non-hydrogen) atoms. The summed E-state index contributed by atoms with van der Waals surface area (Å²) in [6.07, 6.45) is -3.34. The van der Waals surface area contributed by atoms with Crippen molar-refractivity contribution in [1.82, 2.24) is 15.3 Å². The van der Waals surface area contributed by atoms with Gasteiger partial charge in [0.25, 0.3) is 0 Å². The van der Waals surface area contributed by atoms with E-state index in [0.29, 0.717) is 25.5 Å². The fourth-order valence-corrected chi connectivity index (χ4v) is 2.90. The number of piperazine rings is 1. The minimum Gasteiger partial charge on any atom is -0.383 e. The van der Waals surface area contributed by atoms with Crippen LogP contribution in [0.2, 0.25) is 0 Å². The van der Waals surface area contributed by atoms with Crippen molar-refractivity contribution in [2.45, 2.75) is 19.1 Å². The van der Waals surface area contributed by atoms with E-state index < -0.39 is 23.2 Å². The molecule has 1 aliphatic heterocycles. The molecule has 9 heteroatoms. The number of carbonyl (C=O) groups is 1. The van der Waals surface area contributed by atoms with Crippen molar-refractivity contribution >= 4 is 17.4 Å². The largest absolute Gasteiger partial charge is 0.418 e. The van der Waals surface area contributed by atoms with E-state index >= 15 is 0 Å². The molecule has 1 fully saturated rings. The van der Waals surface area contributed by atoms with E-state index in [-0.39, 0.29) is 18.8 Å². The number of hydrogen-bond donors (Lipinski definition) is 2. The van der Waals surface area contributed by atoms with Gasteiger partial charge in [-0.05, 0) is 31.2 Å². The first kappa shape index (κ1) is 18.1. The summed E-state index contributed by atoms with van der Waals surface area (Å²) in [5.74, 6) is -0.696. The lowest BCUT2D eigenvalue weighted by atomic mass is 10.0. The summed E-state index contributed by atoms with van der Waals surface area (Å²) in [6.45, 7) is 3.83. The summed E-state index contributed by atoms with van der Waals surface area (Å²) in [7, 11) is 0. The zero-order valence-electron chi connectivity index (χ0n) is 14.0. The van der Waals surface area contributed by atoms with Gasteiger partial charge in [0.1, 0.15) is 17.3 Å². The SMILES string of the molecule is C[C@H]1CN(c2ccc(C(F)(F)F)c(C(=O)c3cccnc3N)n2)CCN1.[HH]. The molecule has 3 N–H and O–H groups in total. The lowest BCUT2D eigenvalue weighted by Crippen LogP contribution is -2.49. The van der Waals surface area contributed by atoms with Crippen LogP contribution in [0.5, 0.6) is 0 Å². The molecule has 0 aromatic carbocycles. The molecule has 3 rings (SSSR count). The molecule has 0 saturated carbocycles. The summed E-state index contributed by atoms with van der Waals surface area (Å²) in [6, 6.07) is 5.14. The summed E-state index contributed by atoms with van der Waals surface area (Å²) >= 11 is 0. The van der Waals surface area contributed by atoms with Crippen LogP contribution in [0, 0.1) is 0 Å². The van der Waals surface area contributed by atoms with E-state index in [1.807, 2.05) is 11.8 Å². The fourth-order valence-electron chi connectivity index (χ4n) is 2.90. The summed E-state index contributed by atoms with van der Waals surface area (Å²) in [5.41, 5.74) is 3.81. The predicted molar refractivity (Wildman–Crippen MR) is 93.1 cm³/mol. The van der Waals surface area contributed by atoms with Crippen molar-refractivity contribution in [2.75, 3.05) is 30.3 Å². The highest BCUT2D eigenvalue weighted by Gasteiger charge is 2.37. The van der Waals surface area contributed by atoms with Crippen LogP contribution < -0.4 is 16.0 Å². The minimum atomic E-state index is -4.70. The predicted octanol–water partition coefficient (Wildman–Crippen LogP) is 2.35. The van der Waals surface area contributed by atoms with Crippen molar-refractivity contribution in [3.63, 3.8) is 0 Å². The van der Waals surface area contributed by atoms with Crippen molar-refractivity contribution in [3.05, 3.63) is 47.3 Å². The number of rotatable bonds is 3. The molecule has 1 aliphatic rings. The van der Waals surface area contributed by atoms with Gasteiger partial charge < -0.3 is 16.0 Å². The Kier molecular flexibility index (Phi) is 4.82. The summed E-state index contributed by atoms with van der Waals surface area (Å²) in [4.78, 5) is 22.4. The van der Waals surface area contributed by atoms with Gasteiger partial charge in [-0.2, -0.15) is 13.2 Å². The van der Waals surface area contributed by atoms with Crippen molar-refractivity contribution < 1.29 is 19.4 Å². The molecule has 3 heterocycles. The standard InChI is InChI=1S/C17H18F3N5O.H2/c1-10-9-25(8-7-22-10)13-5-4-12(17(18,19)20)14(24-13)15(26)11-3-2-6-23-16(11)21;/h2-6,10,22H,7-9H2,1H3,(H2,21,23);1H/t10-;/m0./s1. The Bertz CT molecular complexity index is 830. The average molecular weight is 367 g/mol. The Labute approximate surface area is 149 Å². The lowest BCUT2D eigenvalue weighted by molar-refractivity contribution is -0.138. The number of halogens is 3. The van der Waals surface area contributed by atoms with Gasteiger partial charge in [-0.25, -0.2) is 9.97 Å².